The second kappa shape index (κ2) is 5.07. The van der Waals surface area contributed by atoms with Crippen molar-refractivity contribution < 1.29 is 13.2 Å². The summed E-state index contributed by atoms with van der Waals surface area (Å²) in [4.78, 5) is 9.97. The van der Waals surface area contributed by atoms with Crippen LogP contribution in [0.15, 0.2) is 33.6 Å². The van der Waals surface area contributed by atoms with Crippen molar-refractivity contribution in [1.82, 2.24) is 0 Å². The van der Waals surface area contributed by atoms with E-state index in [0.29, 0.717) is 17.9 Å². The third-order valence-electron chi connectivity index (χ3n) is 1.77. The van der Waals surface area contributed by atoms with Crippen LogP contribution in [0.3, 0.4) is 0 Å². The molecule has 0 heterocycles. The summed E-state index contributed by atoms with van der Waals surface area (Å²) in [6.45, 7) is 0. The summed E-state index contributed by atoms with van der Waals surface area (Å²) in [5, 5.41) is 0. The van der Waals surface area contributed by atoms with Crippen LogP contribution in [0.1, 0.15) is 5.56 Å². The molecule has 6 heteroatoms. The highest BCUT2D eigenvalue weighted by Gasteiger charge is 2.16. The smallest absolute Gasteiger partial charge is 0.210 e. The maximum absolute atomic E-state index is 11.5. The van der Waals surface area contributed by atoms with Gasteiger partial charge in [-0.05, 0) is 18.1 Å². The number of nitrogens with zero attached hydrogens (tertiary/aromatic N) is 1. The second-order valence-electron chi connectivity index (χ2n) is 2.70. The van der Waals surface area contributed by atoms with E-state index in [2.05, 4.69) is 4.40 Å². The lowest BCUT2D eigenvalue weighted by atomic mass is 10.2. The Kier molecular flexibility index (Phi) is 4.03. The fraction of sp³-hybridized carbons (Fsp3) is 0.222. The van der Waals surface area contributed by atoms with Crippen molar-refractivity contribution in [2.75, 3.05) is 5.88 Å². The SMILES string of the molecule is O=C=NS(=O)(=O)c1ccccc1CCCl. The summed E-state index contributed by atoms with van der Waals surface area (Å²) < 4.78 is 25.7. The number of carbonyl (C=O) groups excluding carboxylic acids is 1. The van der Waals surface area contributed by atoms with Crippen molar-refractivity contribution in [2.24, 2.45) is 4.40 Å². The number of benzene rings is 1. The van der Waals surface area contributed by atoms with E-state index in [9.17, 15) is 13.2 Å². The number of alkyl halides is 1. The maximum atomic E-state index is 11.5. The zero-order chi connectivity index (χ0) is 11.3. The average Bonchev–Trinajstić information content (AvgIpc) is 2.19. The first kappa shape index (κ1) is 11.9. The number of hydrogen-bond acceptors (Lipinski definition) is 3. The van der Waals surface area contributed by atoms with Gasteiger partial charge in [-0.3, -0.25) is 0 Å². The van der Waals surface area contributed by atoms with Gasteiger partial charge in [0.25, 0.3) is 16.1 Å². The van der Waals surface area contributed by atoms with Gasteiger partial charge in [-0.25, -0.2) is 4.79 Å². The minimum atomic E-state index is -3.92. The van der Waals surface area contributed by atoms with E-state index in [0.717, 1.165) is 6.08 Å². The monoisotopic (exact) mass is 245 g/mol. The summed E-state index contributed by atoms with van der Waals surface area (Å²) >= 11 is 5.53. The molecular weight excluding hydrogens is 238 g/mol. The van der Waals surface area contributed by atoms with Gasteiger partial charge >= 0.3 is 0 Å². The predicted molar refractivity (Wildman–Crippen MR) is 56.2 cm³/mol. The molecule has 0 spiro atoms. The van der Waals surface area contributed by atoms with Crippen molar-refractivity contribution >= 4 is 27.7 Å². The zero-order valence-corrected chi connectivity index (χ0v) is 9.25. The Bertz CT molecular complexity index is 492. The average molecular weight is 246 g/mol. The molecule has 0 fully saturated rings. The molecule has 0 amide bonds. The van der Waals surface area contributed by atoms with Gasteiger partial charge in [0.05, 0.1) is 4.90 Å². The number of rotatable bonds is 4. The molecule has 80 valence electrons. The topological polar surface area (TPSA) is 63.6 Å². The lowest BCUT2D eigenvalue weighted by Crippen LogP contribution is -2.02. The zero-order valence-electron chi connectivity index (χ0n) is 7.68. The van der Waals surface area contributed by atoms with E-state index in [1.165, 1.54) is 6.07 Å². The third-order valence-corrected chi connectivity index (χ3v) is 3.23. The molecular formula is C9H8ClNO3S. The van der Waals surface area contributed by atoms with Crippen LogP contribution in [0.25, 0.3) is 0 Å². The molecule has 0 bridgehead atoms. The van der Waals surface area contributed by atoms with E-state index < -0.39 is 10.0 Å². The van der Waals surface area contributed by atoms with Crippen molar-refractivity contribution in [3.63, 3.8) is 0 Å². The first-order chi connectivity index (χ1) is 7.11. The molecule has 0 radical (unpaired) electrons. The van der Waals surface area contributed by atoms with Crippen LogP contribution in [0.4, 0.5) is 0 Å². The van der Waals surface area contributed by atoms with Gasteiger partial charge in [-0.2, -0.15) is 8.42 Å². The van der Waals surface area contributed by atoms with E-state index >= 15 is 0 Å². The third kappa shape index (κ3) is 2.89. The molecule has 0 aliphatic heterocycles. The highest BCUT2D eigenvalue weighted by Crippen LogP contribution is 2.18. The number of isocyanates is 1. The molecule has 0 N–H and O–H groups in total. The molecule has 0 unspecified atom stereocenters. The molecule has 4 nitrogen and oxygen atoms in total. The highest BCUT2D eigenvalue weighted by molar-refractivity contribution is 7.90. The summed E-state index contributed by atoms with van der Waals surface area (Å²) in [6.07, 6.45) is 1.44. The summed E-state index contributed by atoms with van der Waals surface area (Å²) in [7, 11) is -3.92. The van der Waals surface area contributed by atoms with Crippen molar-refractivity contribution in [2.45, 2.75) is 11.3 Å². The Morgan fingerprint density at radius 2 is 2.00 bits per heavy atom. The summed E-state index contributed by atoms with van der Waals surface area (Å²) in [5.41, 5.74) is 0.548. The molecule has 1 aromatic rings. The van der Waals surface area contributed by atoms with Gasteiger partial charge in [-0.15, -0.1) is 11.6 Å². The fourth-order valence-electron chi connectivity index (χ4n) is 1.16. The van der Waals surface area contributed by atoms with Crippen LogP contribution in [0, 0.1) is 0 Å². The normalized spacial score (nSPS) is 10.7. The van der Waals surface area contributed by atoms with Gasteiger partial charge < -0.3 is 0 Å². The Labute approximate surface area is 92.6 Å². The molecule has 0 saturated heterocycles. The Hall–Kier alpha value is -1.16. The summed E-state index contributed by atoms with van der Waals surface area (Å²) in [6, 6.07) is 6.28. The van der Waals surface area contributed by atoms with Gasteiger partial charge in [-0.1, -0.05) is 22.6 Å². The molecule has 15 heavy (non-hydrogen) atoms. The van der Waals surface area contributed by atoms with Crippen LogP contribution in [0.5, 0.6) is 0 Å². The van der Waals surface area contributed by atoms with E-state index in [4.69, 9.17) is 11.6 Å². The van der Waals surface area contributed by atoms with Crippen LogP contribution >= 0.6 is 11.6 Å². The van der Waals surface area contributed by atoms with Gasteiger partial charge in [0.15, 0.2) is 0 Å². The summed E-state index contributed by atoms with van der Waals surface area (Å²) in [5.74, 6) is 0.303. The number of aryl methyl sites for hydroxylation is 1. The highest BCUT2D eigenvalue weighted by atomic mass is 35.5. The van der Waals surface area contributed by atoms with Crippen LogP contribution in [-0.4, -0.2) is 20.4 Å². The Morgan fingerprint density at radius 1 is 1.33 bits per heavy atom. The number of sulfonamides is 1. The van der Waals surface area contributed by atoms with Crippen LogP contribution in [0.2, 0.25) is 0 Å². The first-order valence-corrected chi connectivity index (χ1v) is 6.07. The van der Waals surface area contributed by atoms with Crippen LogP contribution in [-0.2, 0) is 21.2 Å². The van der Waals surface area contributed by atoms with Crippen molar-refractivity contribution in [3.05, 3.63) is 29.8 Å². The standard InChI is InChI=1S/C9H8ClNO3S/c10-6-5-8-3-1-2-4-9(8)15(13,14)11-7-12/h1-4H,5-6H2. The van der Waals surface area contributed by atoms with Crippen LogP contribution < -0.4 is 0 Å². The molecule has 0 atom stereocenters. The lowest BCUT2D eigenvalue weighted by Gasteiger charge is -2.03. The minimum absolute atomic E-state index is 0.00833. The van der Waals surface area contributed by atoms with Gasteiger partial charge in [0.1, 0.15) is 0 Å². The molecule has 0 aliphatic carbocycles. The molecule has 1 rings (SSSR count). The van der Waals surface area contributed by atoms with Gasteiger partial charge in [0.2, 0.25) is 0 Å². The van der Waals surface area contributed by atoms with Crippen molar-refractivity contribution in [3.8, 4) is 0 Å². The first-order valence-electron chi connectivity index (χ1n) is 4.10. The maximum Gasteiger partial charge on any atom is 0.292 e. The van der Waals surface area contributed by atoms with E-state index in [1.54, 1.807) is 18.2 Å². The second-order valence-corrected chi connectivity index (χ2v) is 4.65. The van der Waals surface area contributed by atoms with Gasteiger partial charge in [0, 0.05) is 5.88 Å². The van der Waals surface area contributed by atoms with Crippen molar-refractivity contribution in [1.29, 1.82) is 0 Å². The fourth-order valence-corrected chi connectivity index (χ4v) is 2.31. The number of halogens is 1. The quantitative estimate of drug-likeness (QED) is 0.459. The molecule has 0 saturated carbocycles. The number of hydrogen-bond donors (Lipinski definition) is 0. The molecule has 0 aliphatic rings. The lowest BCUT2D eigenvalue weighted by molar-refractivity contribution is 0.563. The molecule has 1 aromatic carbocycles. The largest absolute Gasteiger partial charge is 0.292 e. The van der Waals surface area contributed by atoms with E-state index in [1.807, 2.05) is 0 Å². The predicted octanol–water partition coefficient (Wildman–Crippen LogP) is 1.49. The Balaban J connectivity index is 3.30. The van der Waals surface area contributed by atoms with E-state index in [-0.39, 0.29) is 4.90 Å². The Morgan fingerprint density at radius 3 is 2.60 bits per heavy atom. The minimum Gasteiger partial charge on any atom is -0.210 e. The molecule has 0 aromatic heterocycles.